The number of carbonyl (C=O) groups is 1. The topological polar surface area (TPSA) is 54.3 Å². The van der Waals surface area contributed by atoms with E-state index >= 15 is 0 Å². The largest absolute Gasteiger partial charge is 0.459 e. The third kappa shape index (κ3) is 2.81. The second kappa shape index (κ2) is 5.90. The van der Waals surface area contributed by atoms with E-state index in [0.717, 1.165) is 48.2 Å². The van der Waals surface area contributed by atoms with Crippen LogP contribution in [0.2, 0.25) is 0 Å². The van der Waals surface area contributed by atoms with E-state index < -0.39 is 0 Å². The average Bonchev–Trinajstić information content (AvgIpc) is 2.86. The van der Waals surface area contributed by atoms with Crippen LogP contribution in [-0.2, 0) is 4.79 Å². The van der Waals surface area contributed by atoms with Crippen LogP contribution >= 0.6 is 0 Å². The van der Waals surface area contributed by atoms with Gasteiger partial charge >= 0.3 is 0 Å². The Morgan fingerprint density at radius 3 is 2.76 bits per heavy atom. The fraction of sp³-hybridized carbons (Fsp3) is 0.471. The van der Waals surface area contributed by atoms with Gasteiger partial charge < -0.3 is 15.1 Å². The molecule has 1 aromatic heterocycles. The van der Waals surface area contributed by atoms with Gasteiger partial charge in [0.15, 0.2) is 0 Å². The molecule has 0 saturated carbocycles. The number of para-hydroxylation sites is 1. The summed E-state index contributed by atoms with van der Waals surface area (Å²) in [6, 6.07) is 7.90. The van der Waals surface area contributed by atoms with Gasteiger partial charge in [0.1, 0.15) is 11.3 Å². The molecule has 1 fully saturated rings. The van der Waals surface area contributed by atoms with Crippen LogP contribution in [0.25, 0.3) is 11.0 Å². The number of benzene rings is 1. The third-order valence-electron chi connectivity index (χ3n) is 4.34. The molecule has 21 heavy (non-hydrogen) atoms. The van der Waals surface area contributed by atoms with Crippen LogP contribution < -0.4 is 10.6 Å². The lowest BCUT2D eigenvalue weighted by atomic mass is 9.96. The van der Waals surface area contributed by atoms with Gasteiger partial charge in [-0.15, -0.1) is 0 Å². The van der Waals surface area contributed by atoms with E-state index in [1.807, 2.05) is 32.0 Å². The van der Waals surface area contributed by atoms with Crippen molar-refractivity contribution in [2.75, 3.05) is 13.1 Å². The second-order valence-corrected chi connectivity index (χ2v) is 5.84. The summed E-state index contributed by atoms with van der Waals surface area (Å²) in [5, 5.41) is 7.51. The number of piperidine rings is 1. The summed E-state index contributed by atoms with van der Waals surface area (Å²) >= 11 is 0. The Balaban J connectivity index is 1.75. The number of carbonyl (C=O) groups excluding carboxylic acids is 1. The highest BCUT2D eigenvalue weighted by molar-refractivity contribution is 5.83. The molecule has 0 radical (unpaired) electrons. The van der Waals surface area contributed by atoms with Gasteiger partial charge in [0.05, 0.1) is 6.04 Å². The molecule has 1 atom stereocenters. The normalized spacial score (nSPS) is 17.8. The van der Waals surface area contributed by atoms with Crippen LogP contribution in [0.1, 0.15) is 37.1 Å². The summed E-state index contributed by atoms with van der Waals surface area (Å²) in [4.78, 5) is 12.3. The molecule has 0 spiro atoms. The first-order valence-electron chi connectivity index (χ1n) is 7.66. The molecule has 4 heteroatoms. The highest BCUT2D eigenvalue weighted by Crippen LogP contribution is 2.29. The number of hydrogen-bond acceptors (Lipinski definition) is 3. The van der Waals surface area contributed by atoms with Crippen molar-refractivity contribution in [1.29, 1.82) is 0 Å². The smallest absolute Gasteiger partial charge is 0.223 e. The molecule has 4 nitrogen and oxygen atoms in total. The van der Waals surface area contributed by atoms with Gasteiger partial charge in [-0.1, -0.05) is 18.2 Å². The minimum atomic E-state index is -0.0974. The molecule has 2 aromatic rings. The van der Waals surface area contributed by atoms with E-state index in [9.17, 15) is 4.79 Å². The first-order valence-corrected chi connectivity index (χ1v) is 7.66. The number of rotatable bonds is 3. The van der Waals surface area contributed by atoms with Crippen molar-refractivity contribution in [1.82, 2.24) is 10.6 Å². The maximum atomic E-state index is 12.3. The molecule has 2 N–H and O–H groups in total. The fourth-order valence-corrected chi connectivity index (χ4v) is 3.09. The zero-order valence-electron chi connectivity index (χ0n) is 12.6. The van der Waals surface area contributed by atoms with Crippen LogP contribution in [0.5, 0.6) is 0 Å². The zero-order valence-corrected chi connectivity index (χ0v) is 12.6. The first-order chi connectivity index (χ1) is 10.2. The van der Waals surface area contributed by atoms with E-state index in [0.29, 0.717) is 0 Å². The van der Waals surface area contributed by atoms with Crippen LogP contribution in [0.15, 0.2) is 28.7 Å². The maximum absolute atomic E-state index is 12.3. The predicted octanol–water partition coefficient (Wildman–Crippen LogP) is 2.92. The summed E-state index contributed by atoms with van der Waals surface area (Å²) < 4.78 is 5.92. The number of amides is 1. The first kappa shape index (κ1) is 14.1. The van der Waals surface area contributed by atoms with Gasteiger partial charge in [-0.3, -0.25) is 4.79 Å². The predicted molar refractivity (Wildman–Crippen MR) is 83.1 cm³/mol. The van der Waals surface area contributed by atoms with Crippen molar-refractivity contribution in [2.45, 2.75) is 32.7 Å². The number of aryl methyl sites for hydroxylation is 1. The minimum absolute atomic E-state index is 0.0974. The summed E-state index contributed by atoms with van der Waals surface area (Å²) in [5.74, 6) is 1.13. The van der Waals surface area contributed by atoms with Crippen molar-refractivity contribution in [2.24, 2.45) is 5.92 Å². The van der Waals surface area contributed by atoms with Gasteiger partial charge in [0, 0.05) is 16.9 Å². The third-order valence-corrected chi connectivity index (χ3v) is 4.34. The summed E-state index contributed by atoms with van der Waals surface area (Å²) in [6.45, 7) is 5.89. The molecule has 3 rings (SSSR count). The van der Waals surface area contributed by atoms with E-state index in [4.69, 9.17) is 4.42 Å². The van der Waals surface area contributed by atoms with Crippen molar-refractivity contribution >= 4 is 16.9 Å². The van der Waals surface area contributed by atoms with E-state index in [2.05, 4.69) is 16.7 Å². The molecule has 1 saturated heterocycles. The van der Waals surface area contributed by atoms with Crippen LogP contribution in [-0.4, -0.2) is 19.0 Å². The molecule has 0 aliphatic carbocycles. The second-order valence-electron chi connectivity index (χ2n) is 5.84. The van der Waals surface area contributed by atoms with Gasteiger partial charge in [-0.05, 0) is 45.8 Å². The Kier molecular flexibility index (Phi) is 3.97. The Morgan fingerprint density at radius 2 is 2.05 bits per heavy atom. The lowest BCUT2D eigenvalue weighted by molar-refractivity contribution is -0.126. The van der Waals surface area contributed by atoms with Crippen LogP contribution in [0.3, 0.4) is 0 Å². The maximum Gasteiger partial charge on any atom is 0.223 e. The van der Waals surface area contributed by atoms with Gasteiger partial charge in [-0.25, -0.2) is 0 Å². The summed E-state index contributed by atoms with van der Waals surface area (Å²) in [5.41, 5.74) is 2.00. The monoisotopic (exact) mass is 286 g/mol. The minimum Gasteiger partial charge on any atom is -0.459 e. The van der Waals surface area contributed by atoms with Crippen molar-refractivity contribution in [3.8, 4) is 0 Å². The highest BCUT2D eigenvalue weighted by atomic mass is 16.3. The summed E-state index contributed by atoms with van der Waals surface area (Å²) in [6.07, 6.45) is 1.83. The van der Waals surface area contributed by atoms with E-state index in [1.165, 1.54) is 0 Å². The molecule has 1 amide bonds. The van der Waals surface area contributed by atoms with Crippen LogP contribution in [0.4, 0.5) is 0 Å². The van der Waals surface area contributed by atoms with Gasteiger partial charge in [-0.2, -0.15) is 0 Å². The number of nitrogens with one attached hydrogen (secondary N) is 2. The quantitative estimate of drug-likeness (QED) is 0.912. The van der Waals surface area contributed by atoms with Gasteiger partial charge in [0.2, 0.25) is 5.91 Å². The highest BCUT2D eigenvalue weighted by Gasteiger charge is 2.24. The molecular formula is C17H22N2O2. The lowest BCUT2D eigenvalue weighted by Crippen LogP contribution is -2.39. The Labute approximate surface area is 124 Å². The van der Waals surface area contributed by atoms with Crippen LogP contribution in [0, 0.1) is 12.8 Å². The Hall–Kier alpha value is -1.81. The molecule has 1 aliphatic rings. The molecule has 1 aliphatic heterocycles. The van der Waals surface area contributed by atoms with Gasteiger partial charge in [0.25, 0.3) is 0 Å². The molecule has 1 unspecified atom stereocenters. The van der Waals surface area contributed by atoms with E-state index in [-0.39, 0.29) is 17.9 Å². The zero-order chi connectivity index (χ0) is 14.8. The SMILES string of the molecule is Cc1c(C(C)NC(=O)C2CCNCC2)oc2ccccc12. The van der Waals surface area contributed by atoms with Crippen molar-refractivity contribution in [3.63, 3.8) is 0 Å². The molecular weight excluding hydrogens is 264 g/mol. The number of fused-ring (bicyclic) bond motifs is 1. The standard InChI is InChI=1S/C17H22N2O2/c1-11-14-5-3-4-6-15(14)21-16(11)12(2)19-17(20)13-7-9-18-10-8-13/h3-6,12-13,18H,7-10H2,1-2H3,(H,19,20). The number of hydrogen-bond donors (Lipinski definition) is 2. The summed E-state index contributed by atoms with van der Waals surface area (Å²) in [7, 11) is 0. The van der Waals surface area contributed by atoms with Crippen molar-refractivity contribution in [3.05, 3.63) is 35.6 Å². The number of furan rings is 1. The molecule has 2 heterocycles. The Morgan fingerprint density at radius 1 is 1.33 bits per heavy atom. The molecule has 1 aromatic carbocycles. The average molecular weight is 286 g/mol. The molecule has 112 valence electrons. The fourth-order valence-electron chi connectivity index (χ4n) is 3.09. The Bertz CT molecular complexity index is 641. The van der Waals surface area contributed by atoms with Crippen molar-refractivity contribution < 1.29 is 9.21 Å². The van der Waals surface area contributed by atoms with E-state index in [1.54, 1.807) is 0 Å². The lowest BCUT2D eigenvalue weighted by Gasteiger charge is -2.23. The molecule has 0 bridgehead atoms.